The van der Waals surface area contributed by atoms with E-state index in [1.165, 1.54) is 5.56 Å². The van der Waals surface area contributed by atoms with Gasteiger partial charge in [0.25, 0.3) is 0 Å². The summed E-state index contributed by atoms with van der Waals surface area (Å²) in [6, 6.07) is 12.5. The van der Waals surface area contributed by atoms with Gasteiger partial charge in [-0.1, -0.05) is 30.3 Å². The summed E-state index contributed by atoms with van der Waals surface area (Å²) in [5.41, 5.74) is 0.942. The van der Waals surface area contributed by atoms with Crippen LogP contribution in [0.25, 0.3) is 0 Å². The first-order chi connectivity index (χ1) is 10.3. The molecule has 4 nitrogen and oxygen atoms in total. The summed E-state index contributed by atoms with van der Waals surface area (Å²) in [6.45, 7) is 1.63. The molecule has 1 aliphatic carbocycles. The molecule has 1 unspecified atom stereocenters. The van der Waals surface area contributed by atoms with Crippen LogP contribution in [-0.2, 0) is 10.2 Å². The van der Waals surface area contributed by atoms with Gasteiger partial charge in [-0.2, -0.15) is 5.10 Å². The molecule has 0 radical (unpaired) electrons. The van der Waals surface area contributed by atoms with Crippen molar-refractivity contribution in [2.24, 2.45) is 0 Å². The first-order valence-corrected chi connectivity index (χ1v) is 7.64. The summed E-state index contributed by atoms with van der Waals surface area (Å²) in [5.74, 6) is 0.309. The van der Waals surface area contributed by atoms with Crippen LogP contribution < -0.4 is 0 Å². The number of nitrogens with zero attached hydrogens (tertiary/aromatic N) is 3. The minimum absolute atomic E-state index is 0.236. The molecule has 1 aliphatic heterocycles. The highest BCUT2D eigenvalue weighted by atomic mass is 16.2. The van der Waals surface area contributed by atoms with Gasteiger partial charge in [-0.15, -0.1) is 0 Å². The Hall–Kier alpha value is -2.10. The molecule has 1 atom stereocenters. The second kappa shape index (κ2) is 4.72. The first kappa shape index (κ1) is 12.6. The summed E-state index contributed by atoms with van der Waals surface area (Å²) in [4.78, 5) is 15.0. The number of hydrogen-bond acceptors (Lipinski definition) is 2. The highest BCUT2D eigenvalue weighted by molar-refractivity contribution is 5.91. The maximum absolute atomic E-state index is 12.9. The van der Waals surface area contributed by atoms with Crippen molar-refractivity contribution in [2.45, 2.75) is 30.7 Å². The van der Waals surface area contributed by atoms with Crippen molar-refractivity contribution in [3.63, 3.8) is 0 Å². The van der Waals surface area contributed by atoms with Crippen molar-refractivity contribution >= 4 is 5.91 Å². The second-order valence-corrected chi connectivity index (χ2v) is 6.13. The Morgan fingerprint density at radius 3 is 2.67 bits per heavy atom. The summed E-state index contributed by atoms with van der Waals surface area (Å²) < 4.78 is 1.98. The van der Waals surface area contributed by atoms with Crippen LogP contribution in [0.15, 0.2) is 48.8 Å². The number of amides is 1. The maximum Gasteiger partial charge on any atom is 0.233 e. The van der Waals surface area contributed by atoms with Crippen LogP contribution >= 0.6 is 0 Å². The number of carbonyl (C=O) groups is 1. The fourth-order valence-electron chi connectivity index (χ4n) is 3.45. The van der Waals surface area contributed by atoms with Crippen LogP contribution in [-0.4, -0.2) is 33.7 Å². The zero-order valence-corrected chi connectivity index (χ0v) is 12.0. The molecule has 1 saturated carbocycles. The van der Waals surface area contributed by atoms with Gasteiger partial charge in [-0.25, -0.2) is 0 Å². The predicted molar refractivity (Wildman–Crippen MR) is 79.8 cm³/mol. The van der Waals surface area contributed by atoms with Gasteiger partial charge in [0, 0.05) is 25.5 Å². The molecule has 2 fully saturated rings. The van der Waals surface area contributed by atoms with Crippen molar-refractivity contribution in [3.05, 3.63) is 54.4 Å². The molecule has 1 aromatic heterocycles. The van der Waals surface area contributed by atoms with Crippen molar-refractivity contribution in [3.8, 4) is 0 Å². The van der Waals surface area contributed by atoms with Gasteiger partial charge in [-0.3, -0.25) is 9.48 Å². The van der Waals surface area contributed by atoms with Gasteiger partial charge in [0.15, 0.2) is 0 Å². The smallest absolute Gasteiger partial charge is 0.233 e. The van der Waals surface area contributed by atoms with Crippen LogP contribution in [0.5, 0.6) is 0 Å². The lowest BCUT2D eigenvalue weighted by Gasteiger charge is -2.23. The molecule has 2 aliphatic rings. The molecule has 1 aromatic carbocycles. The second-order valence-electron chi connectivity index (χ2n) is 6.13. The van der Waals surface area contributed by atoms with E-state index in [0.29, 0.717) is 11.9 Å². The molecule has 0 spiro atoms. The van der Waals surface area contributed by atoms with Gasteiger partial charge < -0.3 is 4.90 Å². The maximum atomic E-state index is 12.9. The van der Waals surface area contributed by atoms with E-state index >= 15 is 0 Å². The number of carbonyl (C=O) groups excluding carboxylic acids is 1. The number of aromatic nitrogens is 2. The van der Waals surface area contributed by atoms with Crippen LogP contribution in [0.4, 0.5) is 0 Å². The molecule has 1 saturated heterocycles. The van der Waals surface area contributed by atoms with Gasteiger partial charge in [0.05, 0.1) is 11.5 Å². The Kier molecular flexibility index (Phi) is 2.84. The zero-order chi connectivity index (χ0) is 14.3. The van der Waals surface area contributed by atoms with Gasteiger partial charge in [0.1, 0.15) is 0 Å². The van der Waals surface area contributed by atoms with Crippen molar-refractivity contribution in [1.82, 2.24) is 14.7 Å². The van der Waals surface area contributed by atoms with Gasteiger partial charge in [0.2, 0.25) is 5.91 Å². The molecule has 21 heavy (non-hydrogen) atoms. The molecule has 4 rings (SSSR count). The molecule has 0 N–H and O–H groups in total. The topological polar surface area (TPSA) is 38.1 Å². The minimum atomic E-state index is -0.236. The quantitative estimate of drug-likeness (QED) is 0.866. The van der Waals surface area contributed by atoms with Crippen LogP contribution in [0.1, 0.15) is 30.9 Å². The van der Waals surface area contributed by atoms with E-state index in [-0.39, 0.29) is 5.41 Å². The van der Waals surface area contributed by atoms with Crippen LogP contribution in [0.3, 0.4) is 0 Å². The lowest BCUT2D eigenvalue weighted by atomic mass is 9.94. The Balaban J connectivity index is 1.52. The van der Waals surface area contributed by atoms with Crippen molar-refractivity contribution in [2.75, 3.05) is 13.1 Å². The van der Waals surface area contributed by atoms with E-state index in [9.17, 15) is 4.79 Å². The Bertz CT molecular complexity index is 631. The molecular weight excluding hydrogens is 262 g/mol. The summed E-state index contributed by atoms with van der Waals surface area (Å²) in [6.07, 6.45) is 6.76. The minimum Gasteiger partial charge on any atom is -0.340 e. The Morgan fingerprint density at radius 2 is 2.00 bits per heavy atom. The normalized spacial score (nSPS) is 23.2. The summed E-state index contributed by atoms with van der Waals surface area (Å²) >= 11 is 0. The SMILES string of the molecule is O=C(N1CCC(n2cccn2)C1)C1(c2ccccc2)CC1. The monoisotopic (exact) mass is 281 g/mol. The largest absolute Gasteiger partial charge is 0.340 e. The van der Waals surface area contributed by atoms with Gasteiger partial charge >= 0.3 is 0 Å². The number of hydrogen-bond donors (Lipinski definition) is 0. The zero-order valence-electron chi connectivity index (χ0n) is 12.0. The predicted octanol–water partition coefficient (Wildman–Crippen LogP) is 2.39. The standard InChI is InChI=1S/C17H19N3O/c21-16(17(8-9-17)14-5-2-1-3-6-14)19-12-7-15(13-19)20-11-4-10-18-20/h1-6,10-11,15H,7-9,12-13H2. The lowest BCUT2D eigenvalue weighted by molar-refractivity contribution is -0.133. The number of benzene rings is 1. The number of likely N-dealkylation sites (tertiary alicyclic amines) is 1. The highest BCUT2D eigenvalue weighted by Gasteiger charge is 2.53. The third kappa shape index (κ3) is 2.06. The Labute approximate surface area is 124 Å². The average Bonchev–Trinajstić information content (AvgIpc) is 2.95. The molecular formula is C17H19N3O. The van der Waals surface area contributed by atoms with Crippen molar-refractivity contribution < 1.29 is 4.79 Å². The molecule has 108 valence electrons. The fourth-order valence-corrected chi connectivity index (χ4v) is 3.45. The lowest BCUT2D eigenvalue weighted by Crippen LogP contribution is -2.38. The summed E-state index contributed by atoms with van der Waals surface area (Å²) in [7, 11) is 0. The van der Waals surface area contributed by atoms with E-state index < -0.39 is 0 Å². The van der Waals surface area contributed by atoms with E-state index in [0.717, 1.165) is 32.4 Å². The first-order valence-electron chi connectivity index (χ1n) is 7.64. The van der Waals surface area contributed by atoms with E-state index in [1.54, 1.807) is 6.20 Å². The summed E-state index contributed by atoms with van der Waals surface area (Å²) in [5, 5.41) is 4.31. The molecule has 2 aromatic rings. The fraction of sp³-hybridized carbons (Fsp3) is 0.412. The van der Waals surface area contributed by atoms with E-state index in [2.05, 4.69) is 17.2 Å². The van der Waals surface area contributed by atoms with Crippen molar-refractivity contribution in [1.29, 1.82) is 0 Å². The number of rotatable bonds is 3. The molecule has 2 heterocycles. The average molecular weight is 281 g/mol. The van der Waals surface area contributed by atoms with E-state index in [1.807, 2.05) is 40.0 Å². The van der Waals surface area contributed by atoms with E-state index in [4.69, 9.17) is 0 Å². The molecule has 0 bridgehead atoms. The molecule has 4 heteroatoms. The molecule has 1 amide bonds. The van der Waals surface area contributed by atoms with Crippen LogP contribution in [0.2, 0.25) is 0 Å². The van der Waals surface area contributed by atoms with Crippen LogP contribution in [0, 0.1) is 0 Å². The third-order valence-corrected chi connectivity index (χ3v) is 4.84. The third-order valence-electron chi connectivity index (χ3n) is 4.84. The highest BCUT2D eigenvalue weighted by Crippen LogP contribution is 2.50. The van der Waals surface area contributed by atoms with Gasteiger partial charge in [-0.05, 0) is 30.9 Å². The Morgan fingerprint density at radius 1 is 1.19 bits per heavy atom.